The number of aliphatic hydroxyl groups is 1. The zero-order valence-corrected chi connectivity index (χ0v) is 7.92. The van der Waals surface area contributed by atoms with E-state index in [-0.39, 0.29) is 0 Å². The van der Waals surface area contributed by atoms with E-state index < -0.39 is 0 Å². The minimum atomic E-state index is 0.423. The zero-order valence-electron chi connectivity index (χ0n) is 7.92. The van der Waals surface area contributed by atoms with Crippen LogP contribution >= 0.6 is 0 Å². The molecule has 1 aliphatic heterocycles. The first-order valence-corrected chi connectivity index (χ1v) is 5.14. The fourth-order valence-corrected chi connectivity index (χ4v) is 2.62. The molecule has 0 aromatic heterocycles. The van der Waals surface area contributed by atoms with E-state index in [9.17, 15) is 0 Å². The highest BCUT2D eigenvalue weighted by Gasteiger charge is 2.53. The monoisotopic (exact) mass is 169 g/mol. The van der Waals surface area contributed by atoms with Crippen LogP contribution in [0.1, 0.15) is 26.2 Å². The zero-order chi connectivity index (χ0) is 8.60. The smallest absolute Gasteiger partial charge is 0.0464 e. The molecule has 0 amide bonds. The summed E-state index contributed by atoms with van der Waals surface area (Å²) >= 11 is 0. The summed E-state index contributed by atoms with van der Waals surface area (Å²) in [6.45, 7) is 6.36. The highest BCUT2D eigenvalue weighted by Crippen LogP contribution is 2.58. The number of hydrogen-bond acceptors (Lipinski definition) is 2. The third-order valence-corrected chi connectivity index (χ3v) is 3.88. The Morgan fingerprint density at radius 3 is 2.50 bits per heavy atom. The molecule has 0 radical (unpaired) electrons. The van der Waals surface area contributed by atoms with Crippen molar-refractivity contribution in [3.63, 3.8) is 0 Å². The van der Waals surface area contributed by atoms with Crippen molar-refractivity contribution < 1.29 is 5.11 Å². The predicted molar refractivity (Wildman–Crippen MR) is 49.0 cm³/mol. The van der Waals surface area contributed by atoms with Gasteiger partial charge in [0.1, 0.15) is 0 Å². The molecule has 1 N–H and O–H groups in total. The van der Waals surface area contributed by atoms with Gasteiger partial charge < -0.3 is 10.0 Å². The number of nitrogens with zero attached hydrogens (tertiary/aromatic N) is 1. The van der Waals surface area contributed by atoms with Crippen molar-refractivity contribution in [1.82, 2.24) is 4.90 Å². The minimum Gasteiger partial charge on any atom is -0.396 e. The van der Waals surface area contributed by atoms with Crippen molar-refractivity contribution in [2.24, 2.45) is 11.3 Å². The van der Waals surface area contributed by atoms with Gasteiger partial charge in [0, 0.05) is 6.61 Å². The minimum absolute atomic E-state index is 0.423. The Labute approximate surface area is 74.6 Å². The highest BCUT2D eigenvalue weighted by atomic mass is 16.3. The van der Waals surface area contributed by atoms with Crippen molar-refractivity contribution in [2.75, 3.05) is 26.2 Å². The van der Waals surface area contributed by atoms with Gasteiger partial charge in [0.25, 0.3) is 0 Å². The van der Waals surface area contributed by atoms with E-state index in [1.54, 1.807) is 0 Å². The summed E-state index contributed by atoms with van der Waals surface area (Å²) in [5, 5.41) is 9.03. The molecule has 1 heterocycles. The summed E-state index contributed by atoms with van der Waals surface area (Å²) in [6, 6.07) is 0. The van der Waals surface area contributed by atoms with Crippen LogP contribution in [-0.2, 0) is 0 Å². The molecule has 1 unspecified atom stereocenters. The third kappa shape index (κ3) is 1.27. The van der Waals surface area contributed by atoms with E-state index in [2.05, 4.69) is 11.8 Å². The molecule has 2 aliphatic rings. The lowest BCUT2D eigenvalue weighted by atomic mass is 9.91. The van der Waals surface area contributed by atoms with Crippen LogP contribution in [-0.4, -0.2) is 36.2 Å². The van der Waals surface area contributed by atoms with E-state index in [0.29, 0.717) is 17.9 Å². The van der Waals surface area contributed by atoms with Crippen LogP contribution in [0.3, 0.4) is 0 Å². The van der Waals surface area contributed by atoms with Crippen LogP contribution in [0.4, 0.5) is 0 Å². The summed E-state index contributed by atoms with van der Waals surface area (Å²) in [4.78, 5) is 2.51. The molecule has 0 aromatic rings. The van der Waals surface area contributed by atoms with E-state index in [0.717, 1.165) is 0 Å². The maximum absolute atomic E-state index is 9.03. The largest absolute Gasteiger partial charge is 0.396 e. The number of hydrogen-bond donors (Lipinski definition) is 1. The topological polar surface area (TPSA) is 23.5 Å². The second kappa shape index (κ2) is 3.00. The Morgan fingerprint density at radius 2 is 2.08 bits per heavy atom. The molecule has 1 aliphatic carbocycles. The molecule has 1 saturated carbocycles. The normalized spacial score (nSPS) is 34.0. The van der Waals surface area contributed by atoms with Gasteiger partial charge in [-0.3, -0.25) is 0 Å². The van der Waals surface area contributed by atoms with Crippen molar-refractivity contribution >= 4 is 0 Å². The van der Waals surface area contributed by atoms with Gasteiger partial charge in [-0.1, -0.05) is 6.92 Å². The highest BCUT2D eigenvalue weighted by molar-refractivity contribution is 5.04. The third-order valence-electron chi connectivity index (χ3n) is 3.88. The first kappa shape index (κ1) is 8.52. The molecule has 1 saturated heterocycles. The first-order valence-electron chi connectivity index (χ1n) is 5.14. The average Bonchev–Trinajstić information content (AvgIpc) is 2.81. The summed E-state index contributed by atoms with van der Waals surface area (Å²) in [5.74, 6) is 0.650. The number of rotatable bonds is 2. The molecule has 12 heavy (non-hydrogen) atoms. The summed E-state index contributed by atoms with van der Waals surface area (Å²) in [7, 11) is 0. The second-order valence-electron chi connectivity index (χ2n) is 4.38. The van der Waals surface area contributed by atoms with Gasteiger partial charge in [-0.2, -0.15) is 0 Å². The molecular formula is C10H19NO. The Morgan fingerprint density at radius 1 is 1.42 bits per heavy atom. The van der Waals surface area contributed by atoms with E-state index in [1.165, 1.54) is 38.9 Å². The maximum atomic E-state index is 9.03. The predicted octanol–water partition coefficient (Wildman–Crippen LogP) is 1.10. The lowest BCUT2D eigenvalue weighted by molar-refractivity contribution is 0.153. The van der Waals surface area contributed by atoms with Crippen molar-refractivity contribution in [3.05, 3.63) is 0 Å². The van der Waals surface area contributed by atoms with Crippen LogP contribution in [0.25, 0.3) is 0 Å². The van der Waals surface area contributed by atoms with E-state index in [4.69, 9.17) is 5.11 Å². The van der Waals surface area contributed by atoms with Gasteiger partial charge in [0.15, 0.2) is 0 Å². The quantitative estimate of drug-likeness (QED) is 0.669. The molecule has 2 fully saturated rings. The summed E-state index contributed by atoms with van der Waals surface area (Å²) in [6.07, 6.45) is 3.94. The van der Waals surface area contributed by atoms with Gasteiger partial charge in [0.2, 0.25) is 0 Å². The van der Waals surface area contributed by atoms with Gasteiger partial charge in [-0.15, -0.1) is 0 Å². The SMILES string of the molecule is CCN1CCC2(CC1)CC2CO. The van der Waals surface area contributed by atoms with Crippen LogP contribution in [0.2, 0.25) is 0 Å². The Balaban J connectivity index is 1.84. The fraction of sp³-hybridized carbons (Fsp3) is 1.00. The van der Waals surface area contributed by atoms with Gasteiger partial charge in [-0.25, -0.2) is 0 Å². The molecule has 2 rings (SSSR count). The Hall–Kier alpha value is -0.0800. The van der Waals surface area contributed by atoms with Gasteiger partial charge in [0.05, 0.1) is 0 Å². The van der Waals surface area contributed by atoms with Gasteiger partial charge >= 0.3 is 0 Å². The molecule has 1 atom stereocenters. The molecular weight excluding hydrogens is 150 g/mol. The molecule has 2 heteroatoms. The lowest BCUT2D eigenvalue weighted by Gasteiger charge is -2.31. The number of piperidine rings is 1. The molecule has 2 nitrogen and oxygen atoms in total. The second-order valence-corrected chi connectivity index (χ2v) is 4.38. The standard InChI is InChI=1S/C10H19NO/c1-2-11-5-3-10(4-6-11)7-9(10)8-12/h9,12H,2-8H2,1H3. The molecule has 1 spiro atoms. The van der Waals surface area contributed by atoms with Crippen LogP contribution in [0.5, 0.6) is 0 Å². The summed E-state index contributed by atoms with van der Waals surface area (Å²) in [5.41, 5.74) is 0.584. The lowest BCUT2D eigenvalue weighted by Crippen LogP contribution is -2.35. The Kier molecular flexibility index (Phi) is 2.13. The van der Waals surface area contributed by atoms with Crippen molar-refractivity contribution in [1.29, 1.82) is 0 Å². The van der Waals surface area contributed by atoms with Crippen molar-refractivity contribution in [2.45, 2.75) is 26.2 Å². The average molecular weight is 169 g/mol. The van der Waals surface area contributed by atoms with Crippen LogP contribution in [0, 0.1) is 11.3 Å². The molecule has 70 valence electrons. The van der Waals surface area contributed by atoms with Gasteiger partial charge in [-0.05, 0) is 50.2 Å². The summed E-state index contributed by atoms with van der Waals surface area (Å²) < 4.78 is 0. The van der Waals surface area contributed by atoms with Crippen molar-refractivity contribution in [3.8, 4) is 0 Å². The van der Waals surface area contributed by atoms with Crippen LogP contribution < -0.4 is 0 Å². The molecule has 0 aromatic carbocycles. The number of aliphatic hydroxyl groups excluding tert-OH is 1. The first-order chi connectivity index (χ1) is 5.80. The van der Waals surface area contributed by atoms with Crippen LogP contribution in [0.15, 0.2) is 0 Å². The van der Waals surface area contributed by atoms with E-state index >= 15 is 0 Å². The molecule has 0 bridgehead atoms. The fourth-order valence-electron chi connectivity index (χ4n) is 2.62. The maximum Gasteiger partial charge on any atom is 0.0464 e. The van der Waals surface area contributed by atoms with E-state index in [1.807, 2.05) is 0 Å². The Bertz CT molecular complexity index is 161. The number of likely N-dealkylation sites (tertiary alicyclic amines) is 1.